The van der Waals surface area contributed by atoms with Crippen molar-refractivity contribution in [3.63, 3.8) is 0 Å². The minimum atomic E-state index is -0.116. The van der Waals surface area contributed by atoms with Crippen molar-refractivity contribution in [2.45, 2.75) is 56.6 Å². The van der Waals surface area contributed by atoms with Gasteiger partial charge in [0.1, 0.15) is 5.82 Å². The normalized spacial score (nSPS) is 14.8. The highest BCUT2D eigenvalue weighted by molar-refractivity contribution is 7.99. The number of carbonyl (C=O) groups excluding carboxylic acids is 1. The van der Waals surface area contributed by atoms with Gasteiger partial charge < -0.3 is 9.88 Å². The Bertz CT molecular complexity index is 801. The molecule has 0 saturated heterocycles. The predicted molar refractivity (Wildman–Crippen MR) is 116 cm³/mol. The number of carbonyl (C=O) groups is 1. The van der Waals surface area contributed by atoms with Gasteiger partial charge in [0.05, 0.1) is 16.5 Å². The molecule has 3 rings (SSSR count). The fraction of sp³-hybridized carbons (Fsp3) is 0.476. The van der Waals surface area contributed by atoms with Crippen molar-refractivity contribution in [3.05, 3.63) is 47.8 Å². The first-order valence-electron chi connectivity index (χ1n) is 9.87. The lowest BCUT2D eigenvalue weighted by Gasteiger charge is -2.21. The molecule has 0 aliphatic heterocycles. The van der Waals surface area contributed by atoms with Gasteiger partial charge in [-0.2, -0.15) is 0 Å². The first-order valence-corrected chi connectivity index (χ1v) is 11.2. The van der Waals surface area contributed by atoms with Crippen LogP contribution < -0.4 is 5.32 Å². The lowest BCUT2D eigenvalue weighted by molar-refractivity contribution is -0.113. The zero-order chi connectivity index (χ0) is 19.8. The number of benzene rings is 1. The number of allylic oxidation sites excluding steroid dienone is 1. The Hall–Kier alpha value is -1.79. The van der Waals surface area contributed by atoms with Gasteiger partial charge >= 0.3 is 0 Å². The van der Waals surface area contributed by atoms with Crippen molar-refractivity contribution in [1.29, 1.82) is 0 Å². The van der Waals surface area contributed by atoms with Crippen molar-refractivity contribution in [2.75, 3.05) is 11.1 Å². The Labute approximate surface area is 176 Å². The van der Waals surface area contributed by atoms with Gasteiger partial charge in [0.25, 0.3) is 0 Å². The summed E-state index contributed by atoms with van der Waals surface area (Å²) < 4.78 is 2.07. The van der Waals surface area contributed by atoms with Gasteiger partial charge in [-0.25, -0.2) is 0 Å². The third-order valence-electron chi connectivity index (χ3n) is 5.09. The number of para-hydroxylation sites is 1. The molecule has 1 saturated carbocycles. The van der Waals surface area contributed by atoms with E-state index in [4.69, 9.17) is 11.6 Å². The van der Waals surface area contributed by atoms with Gasteiger partial charge in [-0.15, -0.1) is 16.8 Å². The van der Waals surface area contributed by atoms with E-state index in [1.165, 1.54) is 43.9 Å². The standard InChI is InChI=1S/C21H27ClN4OS/c1-2-14-26-19(13-12-16-8-4-3-5-9-16)24-25-21(26)28-15-20(27)23-18-11-7-6-10-17(18)22/h2,6-7,10-11,16H,1,3-5,8-9,12-15H2,(H,23,27). The summed E-state index contributed by atoms with van der Waals surface area (Å²) in [4.78, 5) is 12.3. The number of rotatable bonds is 9. The Balaban J connectivity index is 1.56. The molecule has 0 radical (unpaired) electrons. The van der Waals surface area contributed by atoms with E-state index in [-0.39, 0.29) is 11.7 Å². The molecule has 5 nitrogen and oxygen atoms in total. The number of anilines is 1. The summed E-state index contributed by atoms with van der Waals surface area (Å²) in [5, 5.41) is 12.8. The lowest BCUT2D eigenvalue weighted by atomic mass is 9.86. The van der Waals surface area contributed by atoms with Gasteiger partial charge in [-0.05, 0) is 24.5 Å². The topological polar surface area (TPSA) is 59.8 Å². The number of halogens is 1. The first-order chi connectivity index (χ1) is 13.7. The fourth-order valence-electron chi connectivity index (χ4n) is 3.61. The molecule has 1 aliphatic rings. The van der Waals surface area contributed by atoms with E-state index in [0.717, 1.165) is 29.7 Å². The molecule has 28 heavy (non-hydrogen) atoms. The smallest absolute Gasteiger partial charge is 0.234 e. The SMILES string of the molecule is C=CCn1c(CCC2CCCCC2)nnc1SCC(=O)Nc1ccccc1Cl. The summed E-state index contributed by atoms with van der Waals surface area (Å²) in [7, 11) is 0. The zero-order valence-corrected chi connectivity index (χ0v) is 17.6. The minimum Gasteiger partial charge on any atom is -0.324 e. The summed E-state index contributed by atoms with van der Waals surface area (Å²) in [6.45, 7) is 4.50. The molecule has 1 aliphatic carbocycles. The molecular formula is C21H27ClN4OS. The molecule has 1 amide bonds. The molecule has 1 aromatic heterocycles. The molecule has 0 unspecified atom stereocenters. The van der Waals surface area contributed by atoms with E-state index < -0.39 is 0 Å². The quantitative estimate of drug-likeness (QED) is 0.439. The molecule has 0 bridgehead atoms. The fourth-order valence-corrected chi connectivity index (χ4v) is 4.56. The number of amides is 1. The number of nitrogens with zero attached hydrogens (tertiary/aromatic N) is 3. The van der Waals surface area contributed by atoms with E-state index >= 15 is 0 Å². The maximum absolute atomic E-state index is 12.3. The number of hydrogen-bond donors (Lipinski definition) is 1. The summed E-state index contributed by atoms with van der Waals surface area (Å²) in [6, 6.07) is 7.21. The number of nitrogens with one attached hydrogen (secondary N) is 1. The Morgan fingerprint density at radius 3 is 2.82 bits per heavy atom. The van der Waals surface area contributed by atoms with Crippen molar-refractivity contribution >= 4 is 35.0 Å². The van der Waals surface area contributed by atoms with Gasteiger partial charge in [0.2, 0.25) is 5.91 Å². The molecule has 1 N–H and O–H groups in total. The third-order valence-corrected chi connectivity index (χ3v) is 6.38. The Morgan fingerprint density at radius 2 is 2.07 bits per heavy atom. The highest BCUT2D eigenvalue weighted by Crippen LogP contribution is 2.28. The van der Waals surface area contributed by atoms with E-state index in [0.29, 0.717) is 17.3 Å². The summed E-state index contributed by atoms with van der Waals surface area (Å²) in [5.41, 5.74) is 0.621. The summed E-state index contributed by atoms with van der Waals surface area (Å²) in [6.07, 6.45) is 10.7. The first kappa shape index (κ1) is 20.9. The van der Waals surface area contributed by atoms with Crippen LogP contribution in [0.1, 0.15) is 44.3 Å². The molecule has 7 heteroatoms. The van der Waals surface area contributed by atoms with Crippen LogP contribution >= 0.6 is 23.4 Å². The third kappa shape index (κ3) is 5.85. The highest BCUT2D eigenvalue weighted by Gasteiger charge is 2.17. The van der Waals surface area contributed by atoms with E-state index in [9.17, 15) is 4.79 Å². The van der Waals surface area contributed by atoms with Gasteiger partial charge in [0.15, 0.2) is 5.16 Å². The average Bonchev–Trinajstić information content (AvgIpc) is 3.09. The van der Waals surface area contributed by atoms with Crippen LogP contribution in [0, 0.1) is 5.92 Å². The number of aryl methyl sites for hydroxylation is 1. The van der Waals surface area contributed by atoms with Crippen LogP contribution in [-0.2, 0) is 17.8 Å². The maximum Gasteiger partial charge on any atom is 0.234 e. The van der Waals surface area contributed by atoms with E-state index in [1.54, 1.807) is 12.1 Å². The summed E-state index contributed by atoms with van der Waals surface area (Å²) in [5.74, 6) is 1.93. The molecule has 2 aromatic rings. The molecule has 1 heterocycles. The van der Waals surface area contributed by atoms with Crippen LogP contribution in [0.15, 0.2) is 42.1 Å². The molecule has 1 aromatic carbocycles. The number of hydrogen-bond acceptors (Lipinski definition) is 4. The largest absolute Gasteiger partial charge is 0.324 e. The van der Waals surface area contributed by atoms with Crippen LogP contribution in [0.5, 0.6) is 0 Å². The lowest BCUT2D eigenvalue weighted by Crippen LogP contribution is -2.15. The van der Waals surface area contributed by atoms with Crippen molar-refractivity contribution in [2.24, 2.45) is 5.92 Å². The molecule has 1 fully saturated rings. The second-order valence-corrected chi connectivity index (χ2v) is 8.51. The number of thioether (sulfide) groups is 1. The van der Waals surface area contributed by atoms with Gasteiger partial charge in [-0.3, -0.25) is 4.79 Å². The van der Waals surface area contributed by atoms with Crippen LogP contribution in [0.3, 0.4) is 0 Å². The van der Waals surface area contributed by atoms with E-state index in [2.05, 4.69) is 26.7 Å². The minimum absolute atomic E-state index is 0.116. The number of aromatic nitrogens is 3. The van der Waals surface area contributed by atoms with Crippen LogP contribution in [0.25, 0.3) is 0 Å². The predicted octanol–water partition coefficient (Wildman–Crippen LogP) is 5.36. The second-order valence-electron chi connectivity index (χ2n) is 7.16. The highest BCUT2D eigenvalue weighted by atomic mass is 35.5. The van der Waals surface area contributed by atoms with Crippen molar-refractivity contribution in [1.82, 2.24) is 14.8 Å². The monoisotopic (exact) mass is 418 g/mol. The maximum atomic E-state index is 12.3. The van der Waals surface area contributed by atoms with Crippen molar-refractivity contribution < 1.29 is 4.79 Å². The van der Waals surface area contributed by atoms with E-state index in [1.807, 2.05) is 18.2 Å². The van der Waals surface area contributed by atoms with Crippen LogP contribution in [0.2, 0.25) is 5.02 Å². The molecular weight excluding hydrogens is 392 g/mol. The zero-order valence-electron chi connectivity index (χ0n) is 16.1. The summed E-state index contributed by atoms with van der Waals surface area (Å²) >= 11 is 7.48. The van der Waals surface area contributed by atoms with Gasteiger partial charge in [-0.1, -0.05) is 73.7 Å². The molecule has 150 valence electrons. The Kier molecular flexibility index (Phi) is 7.98. The molecule has 0 spiro atoms. The Morgan fingerprint density at radius 1 is 1.29 bits per heavy atom. The average molecular weight is 419 g/mol. The van der Waals surface area contributed by atoms with Crippen LogP contribution in [0.4, 0.5) is 5.69 Å². The van der Waals surface area contributed by atoms with Crippen molar-refractivity contribution in [3.8, 4) is 0 Å². The second kappa shape index (κ2) is 10.7. The van der Waals surface area contributed by atoms with Gasteiger partial charge in [0, 0.05) is 13.0 Å². The molecule has 0 atom stereocenters. The van der Waals surface area contributed by atoms with Crippen LogP contribution in [-0.4, -0.2) is 26.4 Å².